The zero-order valence-electron chi connectivity index (χ0n) is 15.3. The fraction of sp³-hybridized carbons (Fsp3) is 1.00. The van der Waals surface area contributed by atoms with Gasteiger partial charge in [0.1, 0.15) is 0 Å². The van der Waals surface area contributed by atoms with Gasteiger partial charge >= 0.3 is 7.32 Å². The molecule has 0 aromatic rings. The van der Waals surface area contributed by atoms with Crippen LogP contribution >= 0.6 is 0 Å². The molecule has 3 unspecified atom stereocenters. The van der Waals surface area contributed by atoms with Crippen LogP contribution in [0.1, 0.15) is 60.8 Å². The van der Waals surface area contributed by atoms with Crippen molar-refractivity contribution in [3.05, 3.63) is 0 Å². The summed E-state index contributed by atoms with van der Waals surface area (Å²) in [6, 6.07) is 0. The summed E-state index contributed by atoms with van der Waals surface area (Å²) in [5.74, 6) is 0. The van der Waals surface area contributed by atoms with E-state index in [4.69, 9.17) is 0 Å². The Kier molecular flexibility index (Phi) is 9.57. The highest BCUT2D eigenvalue weighted by Crippen LogP contribution is 2.18. The Bertz CT molecular complexity index is 615. The minimum atomic E-state index is -4.30. The van der Waals surface area contributed by atoms with E-state index < -0.39 is 53.4 Å². The summed E-state index contributed by atoms with van der Waals surface area (Å²) >= 11 is 0. The molecule has 0 spiro atoms. The molecule has 0 saturated heterocycles. The molecule has 0 radical (unpaired) electrons. The number of hydrogen-bond acceptors (Lipinski definition) is 9. The highest BCUT2D eigenvalue weighted by molar-refractivity contribution is 7.91. The fourth-order valence-electron chi connectivity index (χ4n) is 1.27. The van der Waals surface area contributed by atoms with Gasteiger partial charge in [0.05, 0.1) is 15.7 Å². The number of hydrogen-bond donors (Lipinski definition) is 0. The van der Waals surface area contributed by atoms with E-state index in [-0.39, 0.29) is 19.3 Å². The van der Waals surface area contributed by atoms with Crippen LogP contribution in [0.5, 0.6) is 0 Å². The highest BCUT2D eigenvalue weighted by Gasteiger charge is 2.42. The zero-order valence-corrected chi connectivity index (χ0v) is 17.8. The Hall–Kier alpha value is -0.205. The summed E-state index contributed by atoms with van der Waals surface area (Å²) in [6.07, 6.45) is 0.516. The first kappa shape index (κ1) is 24.8. The summed E-state index contributed by atoms with van der Waals surface area (Å²) in [6.45, 7) is 8.73. The first-order chi connectivity index (χ1) is 11.2. The molecular formula is C12H27BO9S3. The first-order valence-electron chi connectivity index (χ1n) is 7.99. The van der Waals surface area contributed by atoms with Gasteiger partial charge in [0.15, 0.2) is 0 Å². The molecule has 0 rings (SSSR count). The molecule has 0 saturated carbocycles. The molecule has 0 amide bonds. The second kappa shape index (κ2) is 9.65. The molecule has 150 valence electrons. The molecule has 0 aliphatic heterocycles. The van der Waals surface area contributed by atoms with Crippen LogP contribution in [0.4, 0.5) is 0 Å². The molecule has 9 nitrogen and oxygen atoms in total. The zero-order chi connectivity index (χ0) is 20.1. The van der Waals surface area contributed by atoms with Crippen molar-refractivity contribution in [3.63, 3.8) is 0 Å². The molecule has 3 atom stereocenters. The van der Waals surface area contributed by atoms with E-state index in [1.807, 2.05) is 0 Å². The van der Waals surface area contributed by atoms with E-state index in [9.17, 15) is 25.3 Å². The minimum absolute atomic E-state index is 0.172. The Morgan fingerprint density at radius 3 is 0.960 bits per heavy atom. The third kappa shape index (κ3) is 7.51. The van der Waals surface area contributed by atoms with Crippen LogP contribution < -0.4 is 0 Å². The summed E-state index contributed by atoms with van der Waals surface area (Å²) in [5, 5.41) is -3.00. The maximum Gasteiger partial charge on any atom is 0.684 e. The van der Waals surface area contributed by atoms with E-state index in [0.29, 0.717) is 0 Å². The van der Waals surface area contributed by atoms with E-state index in [2.05, 4.69) is 12.3 Å². The van der Waals surface area contributed by atoms with Crippen LogP contribution in [0.2, 0.25) is 0 Å². The minimum Gasteiger partial charge on any atom is -0.270 e. The lowest BCUT2D eigenvalue weighted by Gasteiger charge is -2.19. The third-order valence-corrected chi connectivity index (χ3v) is 9.07. The van der Waals surface area contributed by atoms with Gasteiger partial charge in [-0.15, -0.1) is 0 Å². The highest BCUT2D eigenvalue weighted by atomic mass is 32.2. The standard InChI is InChI=1S/C12H27BO9S3/c1-7-10(4)23(14,15)20-13(21-24(16,17)11(5)8-2)22-25(18,19)12(6)9-3/h10-12H,7-9H2,1-6H3. The van der Waals surface area contributed by atoms with Crippen molar-refractivity contribution in [1.82, 2.24) is 0 Å². The monoisotopic (exact) mass is 422 g/mol. The van der Waals surface area contributed by atoms with Crippen LogP contribution in [0, 0.1) is 0 Å². The van der Waals surface area contributed by atoms with Gasteiger partial charge in [-0.25, -0.2) is 25.3 Å². The molecule has 0 aromatic carbocycles. The van der Waals surface area contributed by atoms with Crippen molar-refractivity contribution < 1.29 is 37.6 Å². The summed E-state index contributed by atoms with van der Waals surface area (Å²) < 4.78 is 86.2. The van der Waals surface area contributed by atoms with Crippen LogP contribution in [0.25, 0.3) is 0 Å². The van der Waals surface area contributed by atoms with Gasteiger partial charge in [-0.2, -0.15) is 0 Å². The second-order valence-corrected chi connectivity index (χ2v) is 11.7. The molecule has 0 aliphatic carbocycles. The summed E-state index contributed by atoms with van der Waals surface area (Å²) in [7, 11) is -15.3. The lowest BCUT2D eigenvalue weighted by atomic mass is 10.3. The van der Waals surface area contributed by atoms with Crippen LogP contribution in [-0.4, -0.2) is 48.3 Å². The second-order valence-electron chi connectivity index (χ2n) is 5.71. The van der Waals surface area contributed by atoms with Gasteiger partial charge in [0, 0.05) is 0 Å². The Balaban J connectivity index is 5.69. The van der Waals surface area contributed by atoms with Gasteiger partial charge in [-0.3, -0.25) is 12.3 Å². The van der Waals surface area contributed by atoms with Gasteiger partial charge in [-0.05, 0) is 40.0 Å². The molecule has 0 aliphatic rings. The first-order valence-corrected chi connectivity index (χ1v) is 12.4. The van der Waals surface area contributed by atoms with Crippen molar-refractivity contribution in [2.75, 3.05) is 0 Å². The van der Waals surface area contributed by atoms with Gasteiger partial charge in [0.25, 0.3) is 30.4 Å². The third-order valence-electron chi connectivity index (χ3n) is 3.84. The topological polar surface area (TPSA) is 130 Å². The molecule has 13 heteroatoms. The Morgan fingerprint density at radius 1 is 0.600 bits per heavy atom. The molecule has 0 aromatic heterocycles. The molecule has 0 fully saturated rings. The summed E-state index contributed by atoms with van der Waals surface area (Å²) in [4.78, 5) is 0. The average Bonchev–Trinajstić information content (AvgIpc) is 2.50. The molecule has 0 N–H and O–H groups in total. The summed E-state index contributed by atoms with van der Waals surface area (Å²) in [5.41, 5.74) is 0. The predicted octanol–water partition coefficient (Wildman–Crippen LogP) is 1.41. The van der Waals surface area contributed by atoms with Gasteiger partial charge in [-0.1, -0.05) is 20.8 Å². The molecular weight excluding hydrogens is 395 g/mol. The van der Waals surface area contributed by atoms with E-state index in [1.165, 1.54) is 20.8 Å². The van der Waals surface area contributed by atoms with Crippen LogP contribution in [0.15, 0.2) is 0 Å². The molecule has 0 heterocycles. The van der Waals surface area contributed by atoms with Crippen molar-refractivity contribution in [3.8, 4) is 0 Å². The van der Waals surface area contributed by atoms with Crippen molar-refractivity contribution in [1.29, 1.82) is 0 Å². The van der Waals surface area contributed by atoms with E-state index in [1.54, 1.807) is 20.8 Å². The number of rotatable bonds is 12. The maximum atomic E-state index is 12.1. The van der Waals surface area contributed by atoms with Crippen molar-refractivity contribution in [2.24, 2.45) is 0 Å². The van der Waals surface area contributed by atoms with Crippen molar-refractivity contribution in [2.45, 2.75) is 76.6 Å². The van der Waals surface area contributed by atoms with Crippen LogP contribution in [-0.2, 0) is 42.7 Å². The largest absolute Gasteiger partial charge is 0.684 e. The quantitative estimate of drug-likeness (QED) is 0.428. The smallest absolute Gasteiger partial charge is 0.270 e. The normalized spacial score (nSPS) is 17.0. The Morgan fingerprint density at radius 2 is 0.800 bits per heavy atom. The average molecular weight is 422 g/mol. The van der Waals surface area contributed by atoms with E-state index in [0.717, 1.165) is 0 Å². The van der Waals surface area contributed by atoms with Crippen molar-refractivity contribution >= 4 is 37.7 Å². The van der Waals surface area contributed by atoms with E-state index >= 15 is 0 Å². The molecule has 25 heavy (non-hydrogen) atoms. The van der Waals surface area contributed by atoms with Gasteiger partial charge < -0.3 is 0 Å². The predicted molar refractivity (Wildman–Crippen MR) is 95.0 cm³/mol. The molecule has 0 bridgehead atoms. The maximum absolute atomic E-state index is 12.1. The SMILES string of the molecule is CCC(C)S(=O)(=O)OB(OS(=O)(=O)C(C)CC)OS(=O)(=O)C(C)CC. The van der Waals surface area contributed by atoms with Crippen LogP contribution in [0.3, 0.4) is 0 Å². The Labute approximate surface area is 152 Å². The lowest BCUT2D eigenvalue weighted by Crippen LogP contribution is -2.40. The van der Waals surface area contributed by atoms with Gasteiger partial charge in [0.2, 0.25) is 0 Å². The lowest BCUT2D eigenvalue weighted by molar-refractivity contribution is 0.304. The fourth-order valence-corrected chi connectivity index (χ4v) is 4.11.